The molecule has 0 bridgehead atoms. The molecule has 0 aliphatic rings. The van der Waals surface area contributed by atoms with Crippen LogP contribution in [0.1, 0.15) is 0 Å². The lowest BCUT2D eigenvalue weighted by molar-refractivity contribution is 1.51. The van der Waals surface area contributed by atoms with Crippen molar-refractivity contribution in [3.05, 3.63) is 85.9 Å². The third-order valence-electron chi connectivity index (χ3n) is 4.73. The minimum absolute atomic E-state index is 0.0334. The van der Waals surface area contributed by atoms with Gasteiger partial charge in [-0.15, -0.1) is 0 Å². The second-order valence-corrected chi connectivity index (χ2v) is 8.21. The van der Waals surface area contributed by atoms with Crippen molar-refractivity contribution >= 4 is 64.7 Å². The fourth-order valence-electron chi connectivity index (χ4n) is 3.47. The summed E-state index contributed by atoms with van der Waals surface area (Å²) in [5, 5.41) is 1.60. The molecular weight excluding hydrogens is 468 g/mol. The molecule has 0 saturated heterocycles. The maximum absolute atomic E-state index is 13.5. The zero-order chi connectivity index (χ0) is 18.5. The summed E-state index contributed by atoms with van der Waals surface area (Å²) in [4.78, 5) is 21.8. The topological polar surface area (TPSA) is 45.8 Å². The van der Waals surface area contributed by atoms with E-state index >= 15 is 0 Å². The van der Waals surface area contributed by atoms with Crippen LogP contribution in [-0.2, 0) is 0 Å². The average molecular weight is 480 g/mol. The molecule has 3 aromatic carbocycles. The largest absolute Gasteiger partial charge is 0.353 e. The van der Waals surface area contributed by atoms with Crippen molar-refractivity contribution in [3.63, 3.8) is 0 Å². The van der Waals surface area contributed by atoms with E-state index in [2.05, 4.69) is 36.8 Å². The molecule has 0 fully saturated rings. The van der Waals surface area contributed by atoms with Crippen molar-refractivity contribution in [3.8, 4) is 11.1 Å². The summed E-state index contributed by atoms with van der Waals surface area (Å²) in [5.74, 6) is 0. The second-order valence-electron chi connectivity index (χ2n) is 6.38. The van der Waals surface area contributed by atoms with Crippen LogP contribution in [0.25, 0.3) is 44.0 Å². The van der Waals surface area contributed by atoms with Gasteiger partial charge in [0.25, 0.3) is 0 Å². The van der Waals surface area contributed by atoms with Crippen molar-refractivity contribution in [2.75, 3.05) is 0 Å². The third kappa shape index (κ3) is 2.69. The van der Waals surface area contributed by atoms with E-state index in [0.717, 1.165) is 36.4 Å². The number of para-hydroxylation sites is 1. The van der Waals surface area contributed by atoms with Gasteiger partial charge in [0.05, 0.1) is 22.1 Å². The van der Waals surface area contributed by atoms with Crippen molar-refractivity contribution in [1.82, 2.24) is 9.97 Å². The molecule has 1 N–H and O–H groups in total. The van der Waals surface area contributed by atoms with E-state index in [0.29, 0.717) is 16.5 Å². The fourth-order valence-corrected chi connectivity index (χ4v) is 4.09. The molecule has 0 spiro atoms. The van der Waals surface area contributed by atoms with Crippen LogP contribution >= 0.6 is 31.9 Å². The molecule has 2 aromatic heterocycles. The highest BCUT2D eigenvalue weighted by Gasteiger charge is 2.16. The highest BCUT2D eigenvalue weighted by Crippen LogP contribution is 2.31. The van der Waals surface area contributed by atoms with E-state index in [-0.39, 0.29) is 5.43 Å². The average Bonchev–Trinajstić information content (AvgIpc) is 2.96. The number of hydrogen-bond acceptors (Lipinski definition) is 2. The standard InChI is InChI=1S/C22H12Br2N2O/c23-13-7-5-12(6-8-13)19-21-20(15-3-1-2-4-17(15)25-21)26-18-11-14(24)9-10-16(18)22(19)27/h1-11,25H. The monoisotopic (exact) mass is 478 g/mol. The first-order valence-electron chi connectivity index (χ1n) is 8.42. The number of hydrogen-bond donors (Lipinski definition) is 1. The predicted molar refractivity (Wildman–Crippen MR) is 118 cm³/mol. The summed E-state index contributed by atoms with van der Waals surface area (Å²) < 4.78 is 1.87. The van der Waals surface area contributed by atoms with Crippen LogP contribution in [0.3, 0.4) is 0 Å². The number of H-pyrrole nitrogens is 1. The normalized spacial score (nSPS) is 11.5. The first-order chi connectivity index (χ1) is 13.1. The fraction of sp³-hybridized carbons (Fsp3) is 0. The summed E-state index contributed by atoms with van der Waals surface area (Å²) in [6.45, 7) is 0. The van der Waals surface area contributed by atoms with Crippen LogP contribution in [0.15, 0.2) is 80.5 Å². The molecule has 0 saturated carbocycles. The van der Waals surface area contributed by atoms with Gasteiger partial charge in [-0.05, 0) is 42.0 Å². The Labute approximate surface area is 171 Å². The molecule has 5 aromatic rings. The summed E-state index contributed by atoms with van der Waals surface area (Å²) in [6.07, 6.45) is 0. The molecule has 0 aliphatic heterocycles. The Kier molecular flexibility index (Phi) is 3.88. The van der Waals surface area contributed by atoms with E-state index in [1.807, 2.05) is 66.7 Å². The summed E-state index contributed by atoms with van der Waals surface area (Å²) >= 11 is 6.96. The van der Waals surface area contributed by atoms with E-state index in [9.17, 15) is 4.79 Å². The lowest BCUT2D eigenvalue weighted by atomic mass is 10.0. The highest BCUT2D eigenvalue weighted by atomic mass is 79.9. The molecule has 3 nitrogen and oxygen atoms in total. The van der Waals surface area contributed by atoms with Gasteiger partial charge in [-0.1, -0.05) is 62.2 Å². The molecule has 130 valence electrons. The Morgan fingerprint density at radius 2 is 1.56 bits per heavy atom. The molecule has 2 heterocycles. The number of rotatable bonds is 1. The minimum Gasteiger partial charge on any atom is -0.353 e. The van der Waals surface area contributed by atoms with E-state index in [4.69, 9.17) is 4.98 Å². The first kappa shape index (κ1) is 16.7. The number of fused-ring (bicyclic) bond motifs is 4. The van der Waals surface area contributed by atoms with Crippen molar-refractivity contribution < 1.29 is 0 Å². The van der Waals surface area contributed by atoms with Gasteiger partial charge in [0, 0.05) is 25.2 Å². The summed E-state index contributed by atoms with van der Waals surface area (Å²) in [5.41, 5.74) is 4.67. The predicted octanol–water partition coefficient (Wildman–Crippen LogP) is 6.42. The Morgan fingerprint density at radius 3 is 2.37 bits per heavy atom. The van der Waals surface area contributed by atoms with Gasteiger partial charge >= 0.3 is 0 Å². The SMILES string of the molecule is O=c1c(-c2ccc(Br)cc2)c2[nH]c3ccccc3c2nc2cc(Br)ccc12. The second kappa shape index (κ2) is 6.29. The molecular formula is C22H12Br2N2O. The van der Waals surface area contributed by atoms with E-state index in [1.165, 1.54) is 0 Å². The molecule has 0 radical (unpaired) electrons. The van der Waals surface area contributed by atoms with Crippen LogP contribution < -0.4 is 5.43 Å². The highest BCUT2D eigenvalue weighted by molar-refractivity contribution is 9.10. The first-order valence-corrected chi connectivity index (χ1v) is 10.0. The molecule has 0 amide bonds. The molecule has 5 heteroatoms. The van der Waals surface area contributed by atoms with Gasteiger partial charge < -0.3 is 4.98 Å². The Balaban J connectivity index is 2.08. The minimum atomic E-state index is -0.0334. The number of nitrogens with one attached hydrogen (secondary N) is 1. The van der Waals surface area contributed by atoms with Crippen LogP contribution in [0.2, 0.25) is 0 Å². The van der Waals surface area contributed by atoms with Crippen molar-refractivity contribution in [2.45, 2.75) is 0 Å². The smallest absolute Gasteiger partial charge is 0.197 e. The lowest BCUT2D eigenvalue weighted by Gasteiger charge is -2.00. The molecule has 0 atom stereocenters. The summed E-state index contributed by atoms with van der Waals surface area (Å²) in [7, 11) is 0. The Morgan fingerprint density at radius 1 is 0.815 bits per heavy atom. The molecule has 0 unspecified atom stereocenters. The summed E-state index contributed by atoms with van der Waals surface area (Å²) in [6, 6.07) is 21.4. The van der Waals surface area contributed by atoms with Gasteiger partial charge in [0.1, 0.15) is 0 Å². The molecule has 5 rings (SSSR count). The zero-order valence-electron chi connectivity index (χ0n) is 14.0. The maximum atomic E-state index is 13.5. The van der Waals surface area contributed by atoms with Gasteiger partial charge in [-0.25, -0.2) is 4.98 Å². The van der Waals surface area contributed by atoms with E-state index < -0.39 is 0 Å². The number of aromatic nitrogens is 2. The maximum Gasteiger partial charge on any atom is 0.197 e. The quantitative estimate of drug-likeness (QED) is 0.301. The van der Waals surface area contributed by atoms with E-state index in [1.54, 1.807) is 0 Å². The van der Waals surface area contributed by atoms with Crippen LogP contribution in [-0.4, -0.2) is 9.97 Å². The Hall–Kier alpha value is -2.50. The number of nitrogens with zero attached hydrogens (tertiary/aromatic N) is 1. The molecule has 0 aliphatic carbocycles. The Bertz CT molecular complexity index is 1410. The van der Waals surface area contributed by atoms with Gasteiger partial charge in [-0.2, -0.15) is 0 Å². The zero-order valence-corrected chi connectivity index (χ0v) is 17.1. The number of aromatic amines is 1. The van der Waals surface area contributed by atoms with Crippen molar-refractivity contribution in [1.29, 1.82) is 0 Å². The number of halogens is 2. The lowest BCUT2D eigenvalue weighted by Crippen LogP contribution is -2.02. The van der Waals surface area contributed by atoms with Gasteiger partial charge in [-0.3, -0.25) is 4.79 Å². The third-order valence-corrected chi connectivity index (χ3v) is 5.75. The van der Waals surface area contributed by atoms with Gasteiger partial charge in [0.2, 0.25) is 0 Å². The van der Waals surface area contributed by atoms with Crippen molar-refractivity contribution in [2.24, 2.45) is 0 Å². The number of benzene rings is 3. The van der Waals surface area contributed by atoms with Crippen LogP contribution in [0.5, 0.6) is 0 Å². The van der Waals surface area contributed by atoms with Gasteiger partial charge in [0.15, 0.2) is 5.43 Å². The van der Waals surface area contributed by atoms with Crippen LogP contribution in [0.4, 0.5) is 0 Å². The molecule has 27 heavy (non-hydrogen) atoms. The van der Waals surface area contributed by atoms with Crippen LogP contribution in [0, 0.1) is 0 Å².